The standard InChI is InChI=1S/C21H24ClN7.HI/c1-23-21(25-14-16-6-9-24-20(12-16)29-10-3-8-26-29)27-18-7-11-28(15-18)19-5-2-4-17(22)13-19;/h2-6,8-10,12-13,18H,7,11,14-15H2,1H3,(H2,23,25,27);1H. The van der Waals surface area contributed by atoms with Crippen LogP contribution in [0.4, 0.5) is 5.69 Å². The van der Waals surface area contributed by atoms with Gasteiger partial charge in [-0.15, -0.1) is 24.0 Å². The number of hydrogen-bond donors (Lipinski definition) is 2. The number of nitrogens with zero attached hydrogens (tertiary/aromatic N) is 5. The number of benzene rings is 1. The normalized spacial score (nSPS) is 16.3. The van der Waals surface area contributed by atoms with E-state index in [0.717, 1.165) is 47.6 Å². The third-order valence-electron chi connectivity index (χ3n) is 4.94. The van der Waals surface area contributed by atoms with Crippen molar-refractivity contribution >= 4 is 47.2 Å². The van der Waals surface area contributed by atoms with Crippen LogP contribution in [0, 0.1) is 0 Å². The van der Waals surface area contributed by atoms with E-state index in [-0.39, 0.29) is 24.0 Å². The Bertz CT molecular complexity index is 977. The molecule has 7 nitrogen and oxygen atoms in total. The van der Waals surface area contributed by atoms with Crippen molar-refractivity contribution in [2.75, 3.05) is 25.0 Å². The van der Waals surface area contributed by atoms with Gasteiger partial charge in [0.1, 0.15) is 0 Å². The van der Waals surface area contributed by atoms with E-state index in [1.165, 1.54) is 0 Å². The van der Waals surface area contributed by atoms with Gasteiger partial charge in [-0.25, -0.2) is 9.67 Å². The van der Waals surface area contributed by atoms with E-state index >= 15 is 0 Å². The van der Waals surface area contributed by atoms with Crippen molar-refractivity contribution in [1.82, 2.24) is 25.4 Å². The molecule has 0 saturated carbocycles. The molecule has 1 aliphatic heterocycles. The van der Waals surface area contributed by atoms with Crippen LogP contribution in [0.25, 0.3) is 5.82 Å². The second-order valence-corrected chi connectivity index (χ2v) is 7.39. The number of aliphatic imine (C=N–C) groups is 1. The fraction of sp³-hybridized carbons (Fsp3) is 0.286. The first-order valence-corrected chi connectivity index (χ1v) is 10.0. The van der Waals surface area contributed by atoms with Crippen LogP contribution in [-0.2, 0) is 6.54 Å². The summed E-state index contributed by atoms with van der Waals surface area (Å²) in [6.45, 7) is 2.56. The first-order valence-electron chi connectivity index (χ1n) is 9.64. The van der Waals surface area contributed by atoms with Gasteiger partial charge in [0.25, 0.3) is 0 Å². The molecule has 4 rings (SSSR count). The highest BCUT2D eigenvalue weighted by Gasteiger charge is 2.23. The maximum atomic E-state index is 6.13. The van der Waals surface area contributed by atoms with Crippen molar-refractivity contribution in [3.8, 4) is 5.82 Å². The lowest BCUT2D eigenvalue weighted by atomic mass is 10.2. The van der Waals surface area contributed by atoms with Gasteiger partial charge in [0.2, 0.25) is 0 Å². The van der Waals surface area contributed by atoms with E-state index < -0.39 is 0 Å². The number of anilines is 1. The third kappa shape index (κ3) is 5.63. The number of guanidine groups is 1. The Labute approximate surface area is 198 Å². The Morgan fingerprint density at radius 1 is 1.23 bits per heavy atom. The fourth-order valence-electron chi connectivity index (χ4n) is 3.46. The van der Waals surface area contributed by atoms with Crippen LogP contribution >= 0.6 is 35.6 Å². The average Bonchev–Trinajstić information content (AvgIpc) is 3.44. The Morgan fingerprint density at radius 3 is 2.90 bits per heavy atom. The summed E-state index contributed by atoms with van der Waals surface area (Å²) in [5.41, 5.74) is 2.27. The molecular formula is C21H25ClIN7. The molecule has 1 saturated heterocycles. The molecule has 1 aliphatic rings. The largest absolute Gasteiger partial charge is 0.369 e. The molecule has 1 unspecified atom stereocenters. The molecule has 0 bridgehead atoms. The molecule has 3 heterocycles. The highest BCUT2D eigenvalue weighted by Crippen LogP contribution is 2.23. The first-order chi connectivity index (χ1) is 14.2. The zero-order valence-electron chi connectivity index (χ0n) is 16.7. The topological polar surface area (TPSA) is 70.4 Å². The minimum Gasteiger partial charge on any atom is -0.369 e. The summed E-state index contributed by atoms with van der Waals surface area (Å²) in [4.78, 5) is 11.1. The minimum atomic E-state index is 0. The highest BCUT2D eigenvalue weighted by molar-refractivity contribution is 14.0. The summed E-state index contributed by atoms with van der Waals surface area (Å²) in [6, 6.07) is 14.2. The Morgan fingerprint density at radius 2 is 2.13 bits per heavy atom. The number of pyridine rings is 1. The maximum Gasteiger partial charge on any atom is 0.191 e. The second-order valence-electron chi connectivity index (χ2n) is 6.95. The molecule has 3 aromatic rings. The Kier molecular flexibility index (Phi) is 7.92. The second kappa shape index (κ2) is 10.6. The first kappa shape index (κ1) is 22.4. The van der Waals surface area contributed by atoms with Crippen molar-refractivity contribution in [2.45, 2.75) is 19.0 Å². The maximum absolute atomic E-state index is 6.13. The third-order valence-corrected chi connectivity index (χ3v) is 5.17. The van der Waals surface area contributed by atoms with E-state index in [1.807, 2.05) is 42.6 Å². The van der Waals surface area contributed by atoms with Gasteiger partial charge in [0.15, 0.2) is 11.8 Å². The van der Waals surface area contributed by atoms with Gasteiger partial charge in [-0.2, -0.15) is 5.10 Å². The summed E-state index contributed by atoms with van der Waals surface area (Å²) < 4.78 is 1.75. The van der Waals surface area contributed by atoms with E-state index in [0.29, 0.717) is 12.6 Å². The van der Waals surface area contributed by atoms with Gasteiger partial charge in [-0.1, -0.05) is 17.7 Å². The molecule has 158 valence electrons. The predicted molar refractivity (Wildman–Crippen MR) is 132 cm³/mol. The molecule has 0 spiro atoms. The predicted octanol–water partition coefficient (Wildman–Crippen LogP) is 3.48. The van der Waals surface area contributed by atoms with Crippen LogP contribution in [0.3, 0.4) is 0 Å². The molecule has 1 aromatic carbocycles. The highest BCUT2D eigenvalue weighted by atomic mass is 127. The summed E-state index contributed by atoms with van der Waals surface area (Å²) in [6.07, 6.45) is 6.47. The van der Waals surface area contributed by atoms with Gasteiger partial charge in [0.05, 0.1) is 0 Å². The summed E-state index contributed by atoms with van der Waals surface area (Å²) in [5, 5.41) is 11.9. The lowest BCUT2D eigenvalue weighted by molar-refractivity contribution is 0.648. The molecule has 2 aromatic heterocycles. The fourth-order valence-corrected chi connectivity index (χ4v) is 3.64. The van der Waals surface area contributed by atoms with Crippen LogP contribution in [-0.4, -0.2) is 46.9 Å². The number of halogens is 2. The van der Waals surface area contributed by atoms with Crippen LogP contribution in [0.2, 0.25) is 5.02 Å². The SMILES string of the molecule is CN=C(NCc1ccnc(-n2cccn2)c1)NC1CCN(c2cccc(Cl)c2)C1.I. The lowest BCUT2D eigenvalue weighted by Gasteiger charge is -2.20. The van der Waals surface area contributed by atoms with Crippen LogP contribution in [0.5, 0.6) is 0 Å². The van der Waals surface area contributed by atoms with Gasteiger partial charge >= 0.3 is 0 Å². The quantitative estimate of drug-likeness (QED) is 0.296. The van der Waals surface area contributed by atoms with Gasteiger partial charge < -0.3 is 15.5 Å². The molecule has 2 N–H and O–H groups in total. The molecule has 9 heteroatoms. The van der Waals surface area contributed by atoms with Crippen molar-refractivity contribution in [3.63, 3.8) is 0 Å². The molecule has 0 amide bonds. The molecular weight excluding hydrogens is 513 g/mol. The summed E-state index contributed by atoms with van der Waals surface area (Å²) in [5.74, 6) is 1.59. The van der Waals surface area contributed by atoms with Gasteiger partial charge in [0, 0.05) is 62.0 Å². The Hall–Kier alpha value is -2.33. The summed E-state index contributed by atoms with van der Waals surface area (Å²) >= 11 is 6.13. The minimum absolute atomic E-state index is 0. The smallest absolute Gasteiger partial charge is 0.191 e. The Balaban J connectivity index is 0.00000256. The van der Waals surface area contributed by atoms with Crippen LogP contribution in [0.15, 0.2) is 66.0 Å². The molecule has 0 radical (unpaired) electrons. The number of hydrogen-bond acceptors (Lipinski definition) is 4. The van der Waals surface area contributed by atoms with Crippen molar-refractivity contribution in [2.24, 2.45) is 4.99 Å². The van der Waals surface area contributed by atoms with Crippen molar-refractivity contribution in [1.29, 1.82) is 0 Å². The van der Waals surface area contributed by atoms with Crippen molar-refractivity contribution < 1.29 is 0 Å². The number of aromatic nitrogens is 3. The molecule has 30 heavy (non-hydrogen) atoms. The van der Waals surface area contributed by atoms with Crippen molar-refractivity contribution in [3.05, 3.63) is 71.6 Å². The molecule has 1 fully saturated rings. The van der Waals surface area contributed by atoms with Gasteiger partial charge in [-0.3, -0.25) is 4.99 Å². The zero-order chi connectivity index (χ0) is 20.1. The monoisotopic (exact) mass is 537 g/mol. The number of rotatable bonds is 5. The average molecular weight is 538 g/mol. The van der Waals surface area contributed by atoms with Crippen LogP contribution in [0.1, 0.15) is 12.0 Å². The zero-order valence-corrected chi connectivity index (χ0v) is 19.8. The van der Waals surface area contributed by atoms with Crippen LogP contribution < -0.4 is 15.5 Å². The molecule has 1 atom stereocenters. The lowest BCUT2D eigenvalue weighted by Crippen LogP contribution is -2.44. The van der Waals surface area contributed by atoms with E-state index in [4.69, 9.17) is 11.6 Å². The van der Waals surface area contributed by atoms with E-state index in [2.05, 4.69) is 36.7 Å². The van der Waals surface area contributed by atoms with Gasteiger partial charge in [-0.05, 0) is 48.4 Å². The summed E-state index contributed by atoms with van der Waals surface area (Å²) in [7, 11) is 1.79. The number of nitrogens with one attached hydrogen (secondary N) is 2. The van der Waals surface area contributed by atoms with E-state index in [9.17, 15) is 0 Å². The molecule has 0 aliphatic carbocycles. The van der Waals surface area contributed by atoms with E-state index in [1.54, 1.807) is 24.1 Å².